The van der Waals surface area contributed by atoms with Crippen molar-refractivity contribution in [3.05, 3.63) is 29.3 Å². The molecule has 0 fully saturated rings. The number of benzene rings is 1. The Morgan fingerprint density at radius 3 is 2.67 bits per heavy atom. The number of Topliss-reactive ketones (excluding diaryl/α,β-unsaturated/α-hetero) is 1. The Balaban J connectivity index is 2.42. The zero-order valence-corrected chi connectivity index (χ0v) is 9.07. The molecule has 15 heavy (non-hydrogen) atoms. The molecule has 1 aliphatic heterocycles. The molecule has 1 aromatic rings. The van der Waals surface area contributed by atoms with Crippen LogP contribution in [-0.4, -0.2) is 22.6 Å². The Bertz CT molecular complexity index is 415. The lowest BCUT2D eigenvalue weighted by molar-refractivity contribution is -0.0139. The van der Waals surface area contributed by atoms with Crippen LogP contribution < -0.4 is 4.74 Å². The predicted molar refractivity (Wildman–Crippen MR) is 56.2 cm³/mol. The molecule has 80 valence electrons. The van der Waals surface area contributed by atoms with Crippen molar-refractivity contribution >= 4 is 5.78 Å². The van der Waals surface area contributed by atoms with Gasteiger partial charge in [-0.25, -0.2) is 0 Å². The maximum atomic E-state index is 11.9. The van der Waals surface area contributed by atoms with Gasteiger partial charge in [0.25, 0.3) is 0 Å². The summed E-state index contributed by atoms with van der Waals surface area (Å²) in [6.07, 6.45) is -0.783. The summed E-state index contributed by atoms with van der Waals surface area (Å²) in [7, 11) is 0. The molecule has 1 aliphatic rings. The van der Waals surface area contributed by atoms with Crippen LogP contribution in [0.25, 0.3) is 0 Å². The van der Waals surface area contributed by atoms with Gasteiger partial charge in [-0.1, -0.05) is 6.07 Å². The van der Waals surface area contributed by atoms with E-state index in [-0.39, 0.29) is 5.78 Å². The fraction of sp³-hybridized carbons (Fsp3) is 0.417. The number of carbonyl (C=O) groups is 1. The largest absolute Gasteiger partial charge is 0.478 e. The molecule has 2 rings (SSSR count). The van der Waals surface area contributed by atoms with Crippen LogP contribution in [0.2, 0.25) is 0 Å². The zero-order chi connectivity index (χ0) is 11.2. The minimum atomic E-state index is -1.15. The third-order valence-corrected chi connectivity index (χ3v) is 2.53. The van der Waals surface area contributed by atoms with Gasteiger partial charge in [0.1, 0.15) is 11.4 Å². The van der Waals surface area contributed by atoms with E-state index in [9.17, 15) is 9.90 Å². The normalized spacial score (nSPS) is 20.0. The van der Waals surface area contributed by atoms with Crippen LogP contribution in [0.4, 0.5) is 0 Å². The lowest BCUT2D eigenvalue weighted by atomic mass is 9.96. The first-order valence-corrected chi connectivity index (χ1v) is 4.93. The first-order valence-electron chi connectivity index (χ1n) is 4.93. The van der Waals surface area contributed by atoms with Crippen LogP contribution in [0.5, 0.6) is 5.75 Å². The van der Waals surface area contributed by atoms with Gasteiger partial charge < -0.3 is 9.84 Å². The molecule has 3 heteroatoms. The molecule has 0 saturated carbocycles. The van der Waals surface area contributed by atoms with Crippen molar-refractivity contribution in [2.45, 2.75) is 32.5 Å². The van der Waals surface area contributed by atoms with Crippen LogP contribution >= 0.6 is 0 Å². The molecule has 1 heterocycles. The van der Waals surface area contributed by atoms with Crippen LogP contribution in [-0.2, 0) is 0 Å². The first kappa shape index (κ1) is 10.2. The van der Waals surface area contributed by atoms with Gasteiger partial charge in [0.15, 0.2) is 6.10 Å². The zero-order valence-electron chi connectivity index (χ0n) is 9.07. The summed E-state index contributed by atoms with van der Waals surface area (Å²) in [5, 5.41) is 9.78. The monoisotopic (exact) mass is 206 g/mol. The van der Waals surface area contributed by atoms with Gasteiger partial charge in [0.2, 0.25) is 5.78 Å². The Morgan fingerprint density at radius 1 is 1.40 bits per heavy atom. The molecular weight excluding hydrogens is 192 g/mol. The lowest BCUT2D eigenvalue weighted by Gasteiger charge is -2.23. The summed E-state index contributed by atoms with van der Waals surface area (Å²) >= 11 is 0. The number of carbonyl (C=O) groups excluding carboxylic acids is 1. The van der Waals surface area contributed by atoms with E-state index in [1.54, 1.807) is 19.9 Å². The Labute approximate surface area is 88.7 Å². The van der Waals surface area contributed by atoms with Crippen molar-refractivity contribution in [3.63, 3.8) is 0 Å². The van der Waals surface area contributed by atoms with E-state index in [1.807, 2.05) is 19.1 Å². The summed E-state index contributed by atoms with van der Waals surface area (Å²) in [5.74, 6) is 0.435. The van der Waals surface area contributed by atoms with Crippen LogP contribution in [0, 0.1) is 6.92 Å². The van der Waals surface area contributed by atoms with Crippen LogP contribution in [0.15, 0.2) is 18.2 Å². The van der Waals surface area contributed by atoms with E-state index in [2.05, 4.69) is 0 Å². The molecule has 0 aliphatic carbocycles. The van der Waals surface area contributed by atoms with Gasteiger partial charge in [-0.05, 0) is 38.5 Å². The summed E-state index contributed by atoms with van der Waals surface area (Å²) in [5.41, 5.74) is 0.454. The molecule has 0 amide bonds. The molecule has 1 atom stereocenters. The predicted octanol–water partition coefficient (Wildman–Crippen LogP) is 1.71. The topological polar surface area (TPSA) is 46.5 Å². The number of ether oxygens (including phenoxy) is 1. The quantitative estimate of drug-likeness (QED) is 0.760. The van der Waals surface area contributed by atoms with E-state index in [0.29, 0.717) is 11.3 Å². The second-order valence-corrected chi connectivity index (χ2v) is 4.52. The highest BCUT2D eigenvalue weighted by molar-refractivity contribution is 6.05. The van der Waals surface area contributed by atoms with Crippen molar-refractivity contribution in [1.82, 2.24) is 0 Å². The highest BCUT2D eigenvalue weighted by Crippen LogP contribution is 2.33. The summed E-state index contributed by atoms with van der Waals surface area (Å²) in [6.45, 7) is 5.09. The maximum absolute atomic E-state index is 11.9. The van der Waals surface area contributed by atoms with E-state index < -0.39 is 11.7 Å². The number of aliphatic hydroxyl groups is 1. The van der Waals surface area contributed by atoms with E-state index in [1.165, 1.54) is 0 Å². The average Bonchev–Trinajstić information content (AvgIpc) is 2.42. The smallest absolute Gasteiger partial charge is 0.210 e. The summed E-state index contributed by atoms with van der Waals surface area (Å²) < 4.78 is 5.46. The van der Waals surface area contributed by atoms with Crippen molar-refractivity contribution in [3.8, 4) is 5.75 Å². The minimum Gasteiger partial charge on any atom is -0.478 e. The summed E-state index contributed by atoms with van der Waals surface area (Å²) in [4.78, 5) is 11.9. The van der Waals surface area contributed by atoms with Gasteiger partial charge in [-0.2, -0.15) is 0 Å². The molecule has 0 saturated heterocycles. The maximum Gasteiger partial charge on any atom is 0.210 e. The standard InChI is InChI=1S/C12H14O3/c1-7-4-5-8-9(6-7)15-11(10(8)13)12(2,3)14/h4-6,11,14H,1-3H3. The minimum absolute atomic E-state index is 0.141. The van der Waals surface area contributed by atoms with Gasteiger partial charge in [0.05, 0.1) is 5.56 Å². The van der Waals surface area contributed by atoms with Crippen molar-refractivity contribution in [2.24, 2.45) is 0 Å². The van der Waals surface area contributed by atoms with Crippen LogP contribution in [0.1, 0.15) is 29.8 Å². The Hall–Kier alpha value is -1.35. The van der Waals surface area contributed by atoms with E-state index >= 15 is 0 Å². The molecular formula is C12H14O3. The fourth-order valence-corrected chi connectivity index (χ4v) is 1.72. The van der Waals surface area contributed by atoms with Crippen molar-refractivity contribution in [1.29, 1.82) is 0 Å². The first-order chi connectivity index (χ1) is 6.89. The number of rotatable bonds is 1. The number of hydrogen-bond acceptors (Lipinski definition) is 3. The molecule has 1 aromatic carbocycles. The molecule has 0 aromatic heterocycles. The Morgan fingerprint density at radius 2 is 2.07 bits per heavy atom. The fourth-order valence-electron chi connectivity index (χ4n) is 1.72. The van der Waals surface area contributed by atoms with Gasteiger partial charge in [-0.3, -0.25) is 4.79 Å². The number of hydrogen-bond donors (Lipinski definition) is 1. The highest BCUT2D eigenvalue weighted by Gasteiger charge is 2.42. The van der Waals surface area contributed by atoms with Gasteiger partial charge in [0, 0.05) is 0 Å². The third kappa shape index (κ3) is 1.63. The summed E-state index contributed by atoms with van der Waals surface area (Å²) in [6, 6.07) is 5.44. The molecule has 0 radical (unpaired) electrons. The van der Waals surface area contributed by atoms with Gasteiger partial charge >= 0.3 is 0 Å². The average molecular weight is 206 g/mol. The third-order valence-electron chi connectivity index (χ3n) is 2.53. The number of ketones is 1. The number of aryl methyl sites for hydroxylation is 1. The van der Waals surface area contributed by atoms with Crippen molar-refractivity contribution in [2.75, 3.05) is 0 Å². The molecule has 1 N–H and O–H groups in total. The lowest BCUT2D eigenvalue weighted by Crippen LogP contribution is -2.43. The molecule has 0 bridgehead atoms. The molecule has 3 nitrogen and oxygen atoms in total. The second kappa shape index (κ2) is 3.07. The van der Waals surface area contributed by atoms with E-state index in [4.69, 9.17) is 4.74 Å². The molecule has 1 unspecified atom stereocenters. The highest BCUT2D eigenvalue weighted by atomic mass is 16.5. The van der Waals surface area contributed by atoms with E-state index in [0.717, 1.165) is 5.56 Å². The van der Waals surface area contributed by atoms with Gasteiger partial charge in [-0.15, -0.1) is 0 Å². The van der Waals surface area contributed by atoms with Crippen molar-refractivity contribution < 1.29 is 14.6 Å². The Kier molecular flexibility index (Phi) is 2.08. The number of fused-ring (bicyclic) bond motifs is 1. The van der Waals surface area contributed by atoms with Crippen LogP contribution in [0.3, 0.4) is 0 Å². The second-order valence-electron chi connectivity index (χ2n) is 4.52. The molecule has 0 spiro atoms. The SMILES string of the molecule is Cc1ccc2c(c1)OC(C(C)(C)O)C2=O.